The molecular formula is C14H13BrN2O2S2. The SMILES string of the molecule is NC(=S)c1ccc(CS(=O)(=O)Nc2cccc(Br)c2)cc1. The lowest BCUT2D eigenvalue weighted by Crippen LogP contribution is -2.15. The standard InChI is InChI=1S/C14H13BrN2O2S2/c15-12-2-1-3-13(8-12)17-21(18,19)9-10-4-6-11(7-5-10)14(16)20/h1-8,17H,9H2,(H2,16,20). The molecule has 2 aromatic carbocycles. The summed E-state index contributed by atoms with van der Waals surface area (Å²) in [4.78, 5) is 0.289. The number of benzene rings is 2. The van der Waals surface area contributed by atoms with E-state index in [1.807, 2.05) is 6.07 Å². The van der Waals surface area contributed by atoms with E-state index in [1.165, 1.54) is 0 Å². The van der Waals surface area contributed by atoms with Crippen molar-refractivity contribution < 1.29 is 8.42 Å². The summed E-state index contributed by atoms with van der Waals surface area (Å²) in [6.45, 7) is 0. The summed E-state index contributed by atoms with van der Waals surface area (Å²) < 4.78 is 27.6. The molecule has 0 aliphatic rings. The van der Waals surface area contributed by atoms with Gasteiger partial charge in [-0.2, -0.15) is 0 Å². The summed E-state index contributed by atoms with van der Waals surface area (Å²) in [7, 11) is -3.47. The first kappa shape index (κ1) is 15.9. The van der Waals surface area contributed by atoms with Crippen molar-refractivity contribution in [3.8, 4) is 0 Å². The van der Waals surface area contributed by atoms with Gasteiger partial charge in [-0.25, -0.2) is 8.42 Å². The number of anilines is 1. The van der Waals surface area contributed by atoms with Gasteiger partial charge in [0.1, 0.15) is 4.99 Å². The fraction of sp³-hybridized carbons (Fsp3) is 0.0714. The highest BCUT2D eigenvalue weighted by molar-refractivity contribution is 9.10. The third-order valence-electron chi connectivity index (χ3n) is 2.69. The van der Waals surface area contributed by atoms with Crippen molar-refractivity contribution in [3.05, 3.63) is 64.1 Å². The molecule has 7 heteroatoms. The topological polar surface area (TPSA) is 72.2 Å². The average Bonchev–Trinajstić information content (AvgIpc) is 2.38. The Hall–Kier alpha value is -1.44. The molecular weight excluding hydrogens is 372 g/mol. The Labute approximate surface area is 137 Å². The zero-order valence-corrected chi connectivity index (χ0v) is 14.1. The summed E-state index contributed by atoms with van der Waals surface area (Å²) in [6, 6.07) is 13.8. The van der Waals surface area contributed by atoms with Crippen LogP contribution < -0.4 is 10.5 Å². The minimum atomic E-state index is -3.47. The van der Waals surface area contributed by atoms with Crippen molar-refractivity contribution in [2.24, 2.45) is 5.73 Å². The van der Waals surface area contributed by atoms with Crippen LogP contribution in [0, 0.1) is 0 Å². The first-order chi connectivity index (χ1) is 9.85. The molecule has 0 atom stereocenters. The number of nitrogens with two attached hydrogens (primary N) is 1. The van der Waals surface area contributed by atoms with Gasteiger partial charge in [0.15, 0.2) is 0 Å². The number of thiocarbonyl (C=S) groups is 1. The molecule has 0 amide bonds. The summed E-state index contributed by atoms with van der Waals surface area (Å²) in [5.74, 6) is -0.114. The number of hydrogen-bond donors (Lipinski definition) is 2. The van der Waals surface area contributed by atoms with Crippen molar-refractivity contribution >= 4 is 48.8 Å². The van der Waals surface area contributed by atoms with E-state index in [9.17, 15) is 8.42 Å². The Bertz CT molecular complexity index is 759. The third kappa shape index (κ3) is 4.80. The monoisotopic (exact) mass is 384 g/mol. The second-order valence-electron chi connectivity index (χ2n) is 4.43. The number of nitrogens with one attached hydrogen (secondary N) is 1. The van der Waals surface area contributed by atoms with Crippen LogP contribution in [-0.4, -0.2) is 13.4 Å². The molecule has 0 unspecified atom stereocenters. The predicted molar refractivity (Wildman–Crippen MR) is 92.7 cm³/mol. The number of sulfonamides is 1. The van der Waals surface area contributed by atoms with Crippen LogP contribution in [0.25, 0.3) is 0 Å². The fourth-order valence-corrected chi connectivity index (χ4v) is 3.48. The summed E-state index contributed by atoms with van der Waals surface area (Å²) in [5, 5.41) is 0. The summed E-state index contributed by atoms with van der Waals surface area (Å²) in [6.07, 6.45) is 0. The molecule has 0 saturated heterocycles. The van der Waals surface area contributed by atoms with Crippen molar-refractivity contribution in [2.75, 3.05) is 4.72 Å². The largest absolute Gasteiger partial charge is 0.389 e. The van der Waals surface area contributed by atoms with Crippen LogP contribution in [0.4, 0.5) is 5.69 Å². The van der Waals surface area contributed by atoms with Crippen molar-refractivity contribution in [1.82, 2.24) is 0 Å². The third-order valence-corrected chi connectivity index (χ3v) is 4.68. The van der Waals surface area contributed by atoms with E-state index in [0.29, 0.717) is 16.8 Å². The minimum Gasteiger partial charge on any atom is -0.389 e. The van der Waals surface area contributed by atoms with Crippen LogP contribution in [0.2, 0.25) is 0 Å². The quantitative estimate of drug-likeness (QED) is 0.777. The lowest BCUT2D eigenvalue weighted by Gasteiger charge is -2.09. The number of hydrogen-bond acceptors (Lipinski definition) is 3. The number of rotatable bonds is 5. The zero-order valence-electron chi connectivity index (χ0n) is 10.9. The summed E-state index contributed by atoms with van der Waals surface area (Å²) in [5.41, 5.74) is 7.40. The molecule has 110 valence electrons. The van der Waals surface area contributed by atoms with Gasteiger partial charge in [0.25, 0.3) is 0 Å². The van der Waals surface area contributed by atoms with Gasteiger partial charge in [-0.1, -0.05) is 58.5 Å². The molecule has 0 fully saturated rings. The Morgan fingerprint density at radius 3 is 2.43 bits per heavy atom. The maximum Gasteiger partial charge on any atom is 0.236 e. The maximum atomic E-state index is 12.1. The second-order valence-corrected chi connectivity index (χ2v) is 7.51. The van der Waals surface area contributed by atoms with E-state index in [1.54, 1.807) is 42.5 Å². The molecule has 0 saturated carbocycles. The van der Waals surface area contributed by atoms with E-state index < -0.39 is 10.0 Å². The molecule has 2 aromatic rings. The van der Waals surface area contributed by atoms with Gasteiger partial charge >= 0.3 is 0 Å². The molecule has 21 heavy (non-hydrogen) atoms. The molecule has 0 radical (unpaired) electrons. The molecule has 0 aliphatic heterocycles. The molecule has 0 heterocycles. The highest BCUT2D eigenvalue weighted by Crippen LogP contribution is 2.18. The van der Waals surface area contributed by atoms with E-state index in [2.05, 4.69) is 20.7 Å². The normalized spacial score (nSPS) is 11.1. The molecule has 0 spiro atoms. The average molecular weight is 385 g/mol. The van der Waals surface area contributed by atoms with E-state index >= 15 is 0 Å². The first-order valence-corrected chi connectivity index (χ1v) is 8.86. The van der Waals surface area contributed by atoms with Crippen molar-refractivity contribution in [3.63, 3.8) is 0 Å². The highest BCUT2D eigenvalue weighted by Gasteiger charge is 2.12. The Balaban J connectivity index is 2.12. The molecule has 3 N–H and O–H groups in total. The van der Waals surface area contributed by atoms with Crippen molar-refractivity contribution in [1.29, 1.82) is 0 Å². The molecule has 0 aromatic heterocycles. The van der Waals surface area contributed by atoms with Gasteiger partial charge in [-0.3, -0.25) is 4.72 Å². The Morgan fingerprint density at radius 1 is 1.19 bits per heavy atom. The van der Waals surface area contributed by atoms with E-state index in [4.69, 9.17) is 18.0 Å². The fourth-order valence-electron chi connectivity index (χ4n) is 1.75. The van der Waals surface area contributed by atoms with Crippen LogP contribution in [-0.2, 0) is 15.8 Å². The maximum absolute atomic E-state index is 12.1. The van der Waals surface area contributed by atoms with Crippen LogP contribution in [0.3, 0.4) is 0 Å². The van der Waals surface area contributed by atoms with Gasteiger partial charge in [0.05, 0.1) is 5.75 Å². The van der Waals surface area contributed by atoms with Crippen molar-refractivity contribution in [2.45, 2.75) is 5.75 Å². The Morgan fingerprint density at radius 2 is 1.86 bits per heavy atom. The van der Waals surface area contributed by atoms with Crippen LogP contribution in [0.15, 0.2) is 53.0 Å². The second kappa shape index (κ2) is 6.55. The molecule has 0 bridgehead atoms. The summed E-state index contributed by atoms with van der Waals surface area (Å²) >= 11 is 8.16. The van der Waals surface area contributed by atoms with E-state index in [0.717, 1.165) is 4.47 Å². The van der Waals surface area contributed by atoms with Gasteiger partial charge in [0, 0.05) is 15.7 Å². The molecule has 2 rings (SSSR count). The van der Waals surface area contributed by atoms with Gasteiger partial charge in [-0.15, -0.1) is 0 Å². The highest BCUT2D eigenvalue weighted by atomic mass is 79.9. The Kier molecular flexibility index (Phi) is 4.97. The lowest BCUT2D eigenvalue weighted by atomic mass is 10.1. The predicted octanol–water partition coefficient (Wildman–Crippen LogP) is 3.03. The van der Waals surface area contributed by atoms with Gasteiger partial charge in [0.2, 0.25) is 10.0 Å². The van der Waals surface area contributed by atoms with Crippen LogP contribution >= 0.6 is 28.1 Å². The van der Waals surface area contributed by atoms with Crippen LogP contribution in [0.5, 0.6) is 0 Å². The number of halogens is 1. The van der Waals surface area contributed by atoms with E-state index in [-0.39, 0.29) is 10.7 Å². The minimum absolute atomic E-state index is 0.114. The smallest absolute Gasteiger partial charge is 0.236 e. The first-order valence-electron chi connectivity index (χ1n) is 6.00. The molecule has 0 aliphatic carbocycles. The van der Waals surface area contributed by atoms with Gasteiger partial charge < -0.3 is 5.73 Å². The molecule has 4 nitrogen and oxygen atoms in total. The van der Waals surface area contributed by atoms with Crippen LogP contribution in [0.1, 0.15) is 11.1 Å². The zero-order chi connectivity index (χ0) is 15.5. The lowest BCUT2D eigenvalue weighted by molar-refractivity contribution is 0.600. The van der Waals surface area contributed by atoms with Gasteiger partial charge in [-0.05, 0) is 23.8 Å².